The van der Waals surface area contributed by atoms with Crippen molar-refractivity contribution >= 4 is 44.0 Å². The van der Waals surface area contributed by atoms with Gasteiger partial charge in [-0.1, -0.05) is 18.3 Å². The third-order valence-corrected chi connectivity index (χ3v) is 4.63. The Morgan fingerprint density at radius 3 is 2.83 bits per heavy atom. The fraction of sp³-hybridized carbons (Fsp3) is 0.312. The van der Waals surface area contributed by atoms with Crippen LogP contribution in [0.4, 0.5) is 22.5 Å². The molecule has 2 heterocycles. The second kappa shape index (κ2) is 6.88. The molecule has 0 bridgehead atoms. The molecule has 0 spiro atoms. The van der Waals surface area contributed by atoms with Crippen molar-refractivity contribution in [3.63, 3.8) is 0 Å². The normalized spacial score (nSPS) is 12.1. The van der Waals surface area contributed by atoms with Crippen LogP contribution in [0.2, 0.25) is 0 Å². The van der Waals surface area contributed by atoms with E-state index >= 15 is 0 Å². The Balaban J connectivity index is 1.86. The highest BCUT2D eigenvalue weighted by Crippen LogP contribution is 2.32. The zero-order chi connectivity index (χ0) is 17.1. The maximum atomic E-state index is 6.18. The van der Waals surface area contributed by atoms with Gasteiger partial charge in [-0.15, -0.1) is 0 Å². The maximum Gasteiger partial charge on any atom is 0.189 e. The molecule has 0 saturated carbocycles. The number of benzene rings is 1. The average molecular weight is 344 g/mol. The number of fused-ring (bicyclic) bond motifs is 1. The number of anilines is 4. The number of nitrogens with one attached hydrogen (secondary N) is 2. The van der Waals surface area contributed by atoms with Crippen molar-refractivity contribution in [1.82, 2.24) is 15.0 Å². The van der Waals surface area contributed by atoms with E-state index in [0.29, 0.717) is 17.3 Å². The molecule has 8 heteroatoms. The van der Waals surface area contributed by atoms with Gasteiger partial charge in [0.15, 0.2) is 16.8 Å². The van der Waals surface area contributed by atoms with Gasteiger partial charge in [-0.2, -0.15) is 0 Å². The number of ether oxygens (including phenoxy) is 1. The van der Waals surface area contributed by atoms with E-state index in [1.165, 1.54) is 17.7 Å². The average Bonchev–Trinajstić information content (AvgIpc) is 2.99. The second-order valence-corrected chi connectivity index (χ2v) is 6.45. The van der Waals surface area contributed by atoms with Crippen LogP contribution in [0.15, 0.2) is 24.5 Å². The van der Waals surface area contributed by atoms with Crippen molar-refractivity contribution in [2.24, 2.45) is 0 Å². The molecule has 1 atom stereocenters. The van der Waals surface area contributed by atoms with Gasteiger partial charge in [0.2, 0.25) is 0 Å². The highest BCUT2D eigenvalue weighted by atomic mass is 32.1. The van der Waals surface area contributed by atoms with E-state index in [1.54, 1.807) is 7.11 Å². The molecule has 1 aromatic carbocycles. The summed E-state index contributed by atoms with van der Waals surface area (Å²) in [5.41, 5.74) is 7.56. The van der Waals surface area contributed by atoms with Crippen LogP contribution in [0.1, 0.15) is 20.3 Å². The van der Waals surface area contributed by atoms with Crippen LogP contribution in [0, 0.1) is 0 Å². The summed E-state index contributed by atoms with van der Waals surface area (Å²) < 4.78 is 6.27. The lowest BCUT2D eigenvalue weighted by Gasteiger charge is -2.15. The third kappa shape index (κ3) is 3.33. The van der Waals surface area contributed by atoms with Crippen LogP contribution in [0.25, 0.3) is 10.2 Å². The summed E-state index contributed by atoms with van der Waals surface area (Å²) in [5, 5.41) is 7.18. The summed E-state index contributed by atoms with van der Waals surface area (Å²) in [6.45, 7) is 4.18. The molecule has 3 rings (SSSR count). The molecule has 0 radical (unpaired) electrons. The minimum absolute atomic E-state index is 0.282. The number of hydrogen-bond acceptors (Lipinski definition) is 8. The number of nitrogens with two attached hydrogens (primary N) is 1. The predicted molar refractivity (Wildman–Crippen MR) is 99.3 cm³/mol. The SMILES string of the molecule is CCC(C)Nc1ncnc(Nc2nc3ccc(OC)cc3s2)c1N. The van der Waals surface area contributed by atoms with E-state index in [0.717, 1.165) is 27.5 Å². The first-order valence-electron chi connectivity index (χ1n) is 7.69. The number of nitrogen functional groups attached to an aromatic ring is 1. The molecule has 0 fully saturated rings. The quantitative estimate of drug-likeness (QED) is 0.628. The number of aromatic nitrogens is 3. The van der Waals surface area contributed by atoms with Crippen LogP contribution in [-0.4, -0.2) is 28.1 Å². The minimum atomic E-state index is 0.282. The largest absolute Gasteiger partial charge is 0.497 e. The van der Waals surface area contributed by atoms with Gasteiger partial charge < -0.3 is 21.1 Å². The van der Waals surface area contributed by atoms with E-state index in [4.69, 9.17) is 10.5 Å². The summed E-state index contributed by atoms with van der Waals surface area (Å²) in [4.78, 5) is 13.0. The molecule has 0 saturated heterocycles. The van der Waals surface area contributed by atoms with Gasteiger partial charge in [-0.3, -0.25) is 0 Å². The molecule has 0 aliphatic carbocycles. The molecular weight excluding hydrogens is 324 g/mol. The first kappa shape index (κ1) is 16.3. The van der Waals surface area contributed by atoms with Crippen LogP contribution < -0.4 is 21.1 Å². The molecule has 1 unspecified atom stereocenters. The monoisotopic (exact) mass is 344 g/mol. The lowest BCUT2D eigenvalue weighted by atomic mass is 10.2. The lowest BCUT2D eigenvalue weighted by molar-refractivity contribution is 0.415. The molecule has 4 N–H and O–H groups in total. The molecule has 126 valence electrons. The van der Waals surface area contributed by atoms with Crippen LogP contribution in [0.3, 0.4) is 0 Å². The van der Waals surface area contributed by atoms with E-state index in [1.807, 2.05) is 18.2 Å². The number of methoxy groups -OCH3 is 1. The van der Waals surface area contributed by atoms with E-state index in [2.05, 4.69) is 39.4 Å². The number of rotatable bonds is 6. The van der Waals surface area contributed by atoms with Crippen LogP contribution >= 0.6 is 11.3 Å². The molecule has 0 aliphatic heterocycles. The standard InChI is InChI=1S/C16H20N6OS/c1-4-9(2)20-14-13(17)15(19-8-18-14)22-16-21-11-6-5-10(23-3)7-12(11)24-16/h5-9H,4,17H2,1-3H3,(H2,18,19,20,21,22). The lowest BCUT2D eigenvalue weighted by Crippen LogP contribution is -2.16. The van der Waals surface area contributed by atoms with E-state index in [9.17, 15) is 0 Å². The molecule has 0 amide bonds. The van der Waals surface area contributed by atoms with Crippen molar-refractivity contribution in [2.75, 3.05) is 23.5 Å². The van der Waals surface area contributed by atoms with Crippen molar-refractivity contribution in [2.45, 2.75) is 26.3 Å². The van der Waals surface area contributed by atoms with Gasteiger partial charge in [-0.05, 0) is 31.5 Å². The Labute approximate surface area is 144 Å². The Bertz CT molecular complexity index is 850. The Morgan fingerprint density at radius 2 is 2.08 bits per heavy atom. The van der Waals surface area contributed by atoms with Crippen LogP contribution in [0.5, 0.6) is 5.75 Å². The van der Waals surface area contributed by atoms with Crippen molar-refractivity contribution in [1.29, 1.82) is 0 Å². The smallest absolute Gasteiger partial charge is 0.189 e. The predicted octanol–water partition coefficient (Wildman–Crippen LogP) is 3.63. The molecule has 2 aromatic heterocycles. The fourth-order valence-corrected chi connectivity index (χ4v) is 3.03. The van der Waals surface area contributed by atoms with Gasteiger partial charge in [-0.25, -0.2) is 15.0 Å². The van der Waals surface area contributed by atoms with E-state index < -0.39 is 0 Å². The summed E-state index contributed by atoms with van der Waals surface area (Å²) >= 11 is 1.52. The fourth-order valence-electron chi connectivity index (χ4n) is 2.13. The zero-order valence-corrected chi connectivity index (χ0v) is 14.6. The summed E-state index contributed by atoms with van der Waals surface area (Å²) in [7, 11) is 1.65. The maximum absolute atomic E-state index is 6.18. The summed E-state index contributed by atoms with van der Waals surface area (Å²) in [6, 6.07) is 6.05. The first-order chi connectivity index (χ1) is 11.6. The van der Waals surface area contributed by atoms with E-state index in [-0.39, 0.29) is 6.04 Å². The first-order valence-corrected chi connectivity index (χ1v) is 8.51. The van der Waals surface area contributed by atoms with Gasteiger partial charge in [0.05, 0.1) is 17.3 Å². The number of nitrogens with zero attached hydrogens (tertiary/aromatic N) is 3. The van der Waals surface area contributed by atoms with Gasteiger partial charge >= 0.3 is 0 Å². The van der Waals surface area contributed by atoms with Crippen LogP contribution in [-0.2, 0) is 0 Å². The highest BCUT2D eigenvalue weighted by molar-refractivity contribution is 7.22. The Hall–Kier alpha value is -2.61. The zero-order valence-electron chi connectivity index (χ0n) is 13.8. The molecular formula is C16H20N6OS. The summed E-state index contributed by atoms with van der Waals surface area (Å²) in [5.74, 6) is 1.98. The highest BCUT2D eigenvalue weighted by Gasteiger charge is 2.12. The van der Waals surface area contributed by atoms with Crippen molar-refractivity contribution in [3.05, 3.63) is 24.5 Å². The topological polar surface area (TPSA) is 98.0 Å². The van der Waals surface area contributed by atoms with Crippen molar-refractivity contribution in [3.8, 4) is 5.75 Å². The molecule has 0 aliphatic rings. The van der Waals surface area contributed by atoms with Crippen molar-refractivity contribution < 1.29 is 4.74 Å². The third-order valence-electron chi connectivity index (χ3n) is 3.70. The molecule has 3 aromatic rings. The molecule has 7 nitrogen and oxygen atoms in total. The van der Waals surface area contributed by atoms with Gasteiger partial charge in [0.1, 0.15) is 17.8 Å². The minimum Gasteiger partial charge on any atom is -0.497 e. The number of hydrogen-bond donors (Lipinski definition) is 3. The second-order valence-electron chi connectivity index (χ2n) is 5.42. The molecule has 24 heavy (non-hydrogen) atoms. The Morgan fingerprint density at radius 1 is 1.29 bits per heavy atom. The Kier molecular flexibility index (Phi) is 4.66. The summed E-state index contributed by atoms with van der Waals surface area (Å²) in [6.07, 6.45) is 2.46. The van der Waals surface area contributed by atoms with Gasteiger partial charge in [0, 0.05) is 6.04 Å². The van der Waals surface area contributed by atoms with Gasteiger partial charge in [0.25, 0.3) is 0 Å². The number of thiazole rings is 1.